The molecule has 1 N–H and O–H groups in total. The fourth-order valence-electron chi connectivity index (χ4n) is 1.72. The second kappa shape index (κ2) is 3.44. The maximum Gasteiger partial charge on any atom is 0.0608 e. The lowest BCUT2D eigenvalue weighted by Crippen LogP contribution is -2.32. The molecule has 0 saturated carbocycles. The Morgan fingerprint density at radius 1 is 1.42 bits per heavy atom. The van der Waals surface area contributed by atoms with E-state index in [9.17, 15) is 5.11 Å². The quantitative estimate of drug-likeness (QED) is 0.668. The van der Waals surface area contributed by atoms with Crippen LogP contribution in [-0.4, -0.2) is 11.2 Å². The fourth-order valence-corrected chi connectivity index (χ4v) is 1.72. The van der Waals surface area contributed by atoms with Gasteiger partial charge in [0.05, 0.1) is 6.10 Å². The molecule has 0 saturated heterocycles. The van der Waals surface area contributed by atoms with Crippen molar-refractivity contribution in [3.63, 3.8) is 0 Å². The molecule has 68 valence electrons. The Balaban J connectivity index is 2.76. The summed E-state index contributed by atoms with van der Waals surface area (Å²) in [5.74, 6) is 0.271. The van der Waals surface area contributed by atoms with E-state index in [1.807, 2.05) is 13.0 Å². The van der Waals surface area contributed by atoms with Gasteiger partial charge in [0.15, 0.2) is 0 Å². The van der Waals surface area contributed by atoms with E-state index in [0.29, 0.717) is 0 Å². The summed E-state index contributed by atoms with van der Waals surface area (Å²) in [5, 5.41) is 9.73. The molecule has 0 fully saturated rings. The van der Waals surface area contributed by atoms with Crippen LogP contribution in [0.2, 0.25) is 0 Å². The van der Waals surface area contributed by atoms with Gasteiger partial charge < -0.3 is 5.11 Å². The molecule has 0 spiro atoms. The van der Waals surface area contributed by atoms with Crippen LogP contribution in [0.3, 0.4) is 0 Å². The summed E-state index contributed by atoms with van der Waals surface area (Å²) in [4.78, 5) is 0. The lowest BCUT2D eigenvalue weighted by atomic mass is 9.73. The largest absolute Gasteiger partial charge is 0.392 e. The molecule has 0 bridgehead atoms. The number of hydrogen-bond donors (Lipinski definition) is 1. The van der Waals surface area contributed by atoms with E-state index < -0.39 is 0 Å². The first kappa shape index (κ1) is 9.53. The SMILES string of the molecule is CCC(O)C1C=CC=CC1(C)C. The summed E-state index contributed by atoms with van der Waals surface area (Å²) in [5.41, 5.74) is 0.101. The number of aliphatic hydroxyl groups is 1. The van der Waals surface area contributed by atoms with Gasteiger partial charge in [0.2, 0.25) is 0 Å². The van der Waals surface area contributed by atoms with Gasteiger partial charge in [-0.15, -0.1) is 0 Å². The third kappa shape index (κ3) is 1.78. The average Bonchev–Trinajstić information content (AvgIpc) is 2.02. The molecule has 0 aromatic carbocycles. The Bertz CT molecular complexity index is 201. The van der Waals surface area contributed by atoms with E-state index in [4.69, 9.17) is 0 Å². The van der Waals surface area contributed by atoms with Crippen molar-refractivity contribution in [2.45, 2.75) is 33.3 Å². The highest BCUT2D eigenvalue weighted by Crippen LogP contribution is 2.35. The Hall–Kier alpha value is -0.560. The van der Waals surface area contributed by atoms with Gasteiger partial charge in [-0.05, 0) is 11.8 Å². The molecule has 0 heterocycles. The van der Waals surface area contributed by atoms with Crippen molar-refractivity contribution in [2.75, 3.05) is 0 Å². The molecule has 0 radical (unpaired) electrons. The predicted octanol–water partition coefficient (Wildman–Crippen LogP) is 2.53. The van der Waals surface area contributed by atoms with Crippen LogP contribution < -0.4 is 0 Å². The third-order valence-corrected chi connectivity index (χ3v) is 2.65. The Morgan fingerprint density at radius 2 is 2.08 bits per heavy atom. The van der Waals surface area contributed by atoms with E-state index in [-0.39, 0.29) is 17.4 Å². The average molecular weight is 166 g/mol. The molecule has 0 aromatic heterocycles. The number of aliphatic hydroxyl groups excluding tert-OH is 1. The molecule has 0 aliphatic heterocycles. The molecular formula is C11H18O. The molecule has 0 amide bonds. The molecule has 1 rings (SSSR count). The van der Waals surface area contributed by atoms with Crippen LogP contribution in [-0.2, 0) is 0 Å². The standard InChI is InChI=1S/C11H18O/c1-4-10(12)9-7-5-6-8-11(9,2)3/h5-10,12H,4H2,1-3H3. The first-order valence-corrected chi connectivity index (χ1v) is 4.62. The van der Waals surface area contributed by atoms with Crippen molar-refractivity contribution in [3.05, 3.63) is 24.3 Å². The molecule has 2 unspecified atom stereocenters. The fraction of sp³-hybridized carbons (Fsp3) is 0.636. The highest BCUT2D eigenvalue weighted by Gasteiger charge is 2.30. The second-order valence-corrected chi connectivity index (χ2v) is 4.07. The molecular weight excluding hydrogens is 148 g/mol. The minimum absolute atomic E-state index is 0.101. The monoisotopic (exact) mass is 166 g/mol. The van der Waals surface area contributed by atoms with Gasteiger partial charge in [0.25, 0.3) is 0 Å². The van der Waals surface area contributed by atoms with E-state index >= 15 is 0 Å². The first-order valence-electron chi connectivity index (χ1n) is 4.62. The molecule has 1 nitrogen and oxygen atoms in total. The summed E-state index contributed by atoms with van der Waals surface area (Å²) in [7, 11) is 0. The van der Waals surface area contributed by atoms with Gasteiger partial charge in [0, 0.05) is 5.92 Å². The lowest BCUT2D eigenvalue weighted by molar-refractivity contribution is 0.0791. The van der Waals surface area contributed by atoms with Gasteiger partial charge in [-0.1, -0.05) is 45.1 Å². The van der Waals surface area contributed by atoms with Gasteiger partial charge >= 0.3 is 0 Å². The van der Waals surface area contributed by atoms with Crippen molar-refractivity contribution >= 4 is 0 Å². The zero-order chi connectivity index (χ0) is 9.19. The van der Waals surface area contributed by atoms with E-state index in [1.165, 1.54) is 0 Å². The molecule has 1 aliphatic carbocycles. The van der Waals surface area contributed by atoms with Gasteiger partial charge in [-0.2, -0.15) is 0 Å². The van der Waals surface area contributed by atoms with E-state index in [0.717, 1.165) is 6.42 Å². The summed E-state index contributed by atoms with van der Waals surface area (Å²) in [6.45, 7) is 6.35. The Labute approximate surface area is 74.8 Å². The van der Waals surface area contributed by atoms with E-state index in [1.54, 1.807) is 0 Å². The maximum absolute atomic E-state index is 9.73. The topological polar surface area (TPSA) is 20.2 Å². The van der Waals surface area contributed by atoms with Crippen molar-refractivity contribution in [3.8, 4) is 0 Å². The molecule has 1 aliphatic rings. The number of allylic oxidation sites excluding steroid dienone is 3. The first-order chi connectivity index (χ1) is 5.58. The minimum Gasteiger partial charge on any atom is -0.392 e. The summed E-state index contributed by atoms with van der Waals surface area (Å²) in [6, 6.07) is 0. The zero-order valence-electron chi connectivity index (χ0n) is 8.12. The van der Waals surface area contributed by atoms with Crippen molar-refractivity contribution < 1.29 is 5.11 Å². The van der Waals surface area contributed by atoms with Gasteiger partial charge in [-0.25, -0.2) is 0 Å². The smallest absolute Gasteiger partial charge is 0.0608 e. The lowest BCUT2D eigenvalue weighted by Gasteiger charge is -2.34. The van der Waals surface area contributed by atoms with Crippen molar-refractivity contribution in [2.24, 2.45) is 11.3 Å². The Kier molecular flexibility index (Phi) is 2.73. The van der Waals surface area contributed by atoms with E-state index in [2.05, 4.69) is 32.1 Å². The van der Waals surface area contributed by atoms with Crippen LogP contribution in [0.25, 0.3) is 0 Å². The minimum atomic E-state index is -0.207. The third-order valence-electron chi connectivity index (χ3n) is 2.65. The van der Waals surface area contributed by atoms with Crippen LogP contribution in [0.4, 0.5) is 0 Å². The van der Waals surface area contributed by atoms with Crippen LogP contribution in [0, 0.1) is 11.3 Å². The normalized spacial score (nSPS) is 28.8. The molecule has 12 heavy (non-hydrogen) atoms. The van der Waals surface area contributed by atoms with Crippen LogP contribution in [0.1, 0.15) is 27.2 Å². The highest BCUT2D eigenvalue weighted by atomic mass is 16.3. The maximum atomic E-state index is 9.73. The predicted molar refractivity (Wildman–Crippen MR) is 51.8 cm³/mol. The Morgan fingerprint density at radius 3 is 2.58 bits per heavy atom. The number of rotatable bonds is 2. The van der Waals surface area contributed by atoms with Crippen LogP contribution in [0.15, 0.2) is 24.3 Å². The summed E-state index contributed by atoms with van der Waals surface area (Å²) in [6.07, 6.45) is 8.96. The summed E-state index contributed by atoms with van der Waals surface area (Å²) >= 11 is 0. The molecule has 1 heteroatoms. The molecule has 2 atom stereocenters. The van der Waals surface area contributed by atoms with Crippen LogP contribution in [0.5, 0.6) is 0 Å². The number of hydrogen-bond acceptors (Lipinski definition) is 1. The summed E-state index contributed by atoms with van der Waals surface area (Å²) < 4.78 is 0. The van der Waals surface area contributed by atoms with Crippen LogP contribution >= 0.6 is 0 Å². The van der Waals surface area contributed by atoms with Crippen molar-refractivity contribution in [1.82, 2.24) is 0 Å². The second-order valence-electron chi connectivity index (χ2n) is 4.07. The van der Waals surface area contributed by atoms with Gasteiger partial charge in [-0.3, -0.25) is 0 Å². The highest BCUT2D eigenvalue weighted by molar-refractivity contribution is 5.19. The van der Waals surface area contributed by atoms with Gasteiger partial charge in [0.1, 0.15) is 0 Å². The van der Waals surface area contributed by atoms with Crippen molar-refractivity contribution in [1.29, 1.82) is 0 Å². The molecule has 0 aromatic rings. The zero-order valence-corrected chi connectivity index (χ0v) is 8.12.